The summed E-state index contributed by atoms with van der Waals surface area (Å²) >= 11 is 0. The molecule has 0 aliphatic rings. The zero-order valence-corrected chi connectivity index (χ0v) is 8.30. The van der Waals surface area contributed by atoms with Crippen molar-refractivity contribution in [2.45, 2.75) is 26.7 Å². The Balaban J connectivity index is 2.93. The van der Waals surface area contributed by atoms with Crippen molar-refractivity contribution in [1.82, 2.24) is 4.98 Å². The third kappa shape index (κ3) is 2.31. The summed E-state index contributed by atoms with van der Waals surface area (Å²) in [6, 6.07) is 1.98. The van der Waals surface area contributed by atoms with Gasteiger partial charge in [0.05, 0.1) is 0 Å². The Morgan fingerprint density at radius 1 is 1.62 bits per heavy atom. The van der Waals surface area contributed by atoms with E-state index < -0.39 is 0 Å². The number of nitrogen functional groups attached to an aromatic ring is 1. The van der Waals surface area contributed by atoms with Gasteiger partial charge < -0.3 is 5.73 Å². The Morgan fingerprint density at radius 3 is 2.85 bits per heavy atom. The second-order valence-corrected chi connectivity index (χ2v) is 3.27. The average molecular weight is 176 g/mol. The fourth-order valence-corrected chi connectivity index (χ4v) is 1.21. The summed E-state index contributed by atoms with van der Waals surface area (Å²) in [4.78, 5) is 4.06. The van der Waals surface area contributed by atoms with Gasteiger partial charge in [0.25, 0.3) is 0 Å². The number of rotatable bonds is 3. The van der Waals surface area contributed by atoms with Crippen LogP contribution in [0.15, 0.2) is 24.4 Å². The van der Waals surface area contributed by atoms with Gasteiger partial charge in [-0.05, 0) is 31.4 Å². The zero-order valence-electron chi connectivity index (χ0n) is 8.30. The van der Waals surface area contributed by atoms with Crippen molar-refractivity contribution < 1.29 is 0 Å². The van der Waals surface area contributed by atoms with Gasteiger partial charge in [-0.25, -0.2) is 4.98 Å². The summed E-state index contributed by atoms with van der Waals surface area (Å²) in [5, 5.41) is 0. The largest absolute Gasteiger partial charge is 0.383 e. The Kier molecular flexibility index (Phi) is 3.07. The SMILES string of the molecule is C=C(CC)Cc1c(C)ccnc1N. The van der Waals surface area contributed by atoms with E-state index in [9.17, 15) is 0 Å². The second kappa shape index (κ2) is 4.08. The smallest absolute Gasteiger partial charge is 0.127 e. The average Bonchev–Trinajstić information content (AvgIpc) is 2.11. The molecule has 2 nitrogen and oxygen atoms in total. The van der Waals surface area contributed by atoms with Crippen molar-refractivity contribution in [1.29, 1.82) is 0 Å². The fourth-order valence-electron chi connectivity index (χ4n) is 1.21. The van der Waals surface area contributed by atoms with Crippen molar-refractivity contribution in [3.05, 3.63) is 35.5 Å². The molecule has 0 aromatic carbocycles. The normalized spacial score (nSPS) is 10.0. The van der Waals surface area contributed by atoms with Gasteiger partial charge >= 0.3 is 0 Å². The quantitative estimate of drug-likeness (QED) is 0.718. The molecule has 0 atom stereocenters. The molecule has 1 heterocycles. The molecule has 0 radical (unpaired) electrons. The van der Waals surface area contributed by atoms with Crippen molar-refractivity contribution in [2.24, 2.45) is 0 Å². The highest BCUT2D eigenvalue weighted by Gasteiger charge is 2.04. The first-order valence-corrected chi connectivity index (χ1v) is 4.51. The molecule has 0 saturated carbocycles. The van der Waals surface area contributed by atoms with Crippen molar-refractivity contribution in [3.63, 3.8) is 0 Å². The molecule has 0 saturated heterocycles. The van der Waals surface area contributed by atoms with Crippen LogP contribution in [0.2, 0.25) is 0 Å². The number of nitrogens with zero attached hydrogens (tertiary/aromatic N) is 1. The predicted molar refractivity (Wildman–Crippen MR) is 56.5 cm³/mol. The summed E-state index contributed by atoms with van der Waals surface area (Å²) in [6.45, 7) is 8.12. The van der Waals surface area contributed by atoms with Crippen LogP contribution in [-0.4, -0.2) is 4.98 Å². The number of allylic oxidation sites excluding steroid dienone is 1. The molecule has 70 valence electrons. The summed E-state index contributed by atoms with van der Waals surface area (Å²) in [7, 11) is 0. The summed E-state index contributed by atoms with van der Waals surface area (Å²) in [5.74, 6) is 0.634. The van der Waals surface area contributed by atoms with E-state index in [0.29, 0.717) is 5.82 Å². The molecule has 0 aliphatic heterocycles. The van der Waals surface area contributed by atoms with Crippen LogP contribution in [0.3, 0.4) is 0 Å². The van der Waals surface area contributed by atoms with Crippen molar-refractivity contribution in [2.75, 3.05) is 5.73 Å². The van der Waals surface area contributed by atoms with Crippen LogP contribution in [-0.2, 0) is 6.42 Å². The molecule has 2 N–H and O–H groups in total. The molecule has 0 fully saturated rings. The second-order valence-electron chi connectivity index (χ2n) is 3.27. The van der Waals surface area contributed by atoms with E-state index in [1.165, 1.54) is 11.1 Å². The van der Waals surface area contributed by atoms with Gasteiger partial charge in [0.2, 0.25) is 0 Å². The van der Waals surface area contributed by atoms with Crippen molar-refractivity contribution in [3.8, 4) is 0 Å². The minimum absolute atomic E-state index is 0.634. The molecule has 1 aromatic heterocycles. The van der Waals surface area contributed by atoms with E-state index in [1.807, 2.05) is 6.07 Å². The third-order valence-corrected chi connectivity index (χ3v) is 2.25. The highest BCUT2D eigenvalue weighted by atomic mass is 14.8. The number of aryl methyl sites for hydroxylation is 1. The van der Waals surface area contributed by atoms with E-state index >= 15 is 0 Å². The van der Waals surface area contributed by atoms with Crippen LogP contribution in [0.4, 0.5) is 5.82 Å². The zero-order chi connectivity index (χ0) is 9.84. The molecular formula is C11H16N2. The van der Waals surface area contributed by atoms with E-state index in [2.05, 4.69) is 25.4 Å². The monoisotopic (exact) mass is 176 g/mol. The van der Waals surface area contributed by atoms with Gasteiger partial charge in [-0.15, -0.1) is 0 Å². The predicted octanol–water partition coefficient (Wildman–Crippen LogP) is 2.48. The highest BCUT2D eigenvalue weighted by Crippen LogP contribution is 2.18. The number of aromatic nitrogens is 1. The summed E-state index contributed by atoms with van der Waals surface area (Å²) in [5.41, 5.74) is 9.29. The van der Waals surface area contributed by atoms with Crippen LogP contribution in [0.25, 0.3) is 0 Å². The molecule has 13 heavy (non-hydrogen) atoms. The number of hydrogen-bond acceptors (Lipinski definition) is 2. The van der Waals surface area contributed by atoms with Gasteiger partial charge in [-0.1, -0.05) is 19.1 Å². The fraction of sp³-hybridized carbons (Fsp3) is 0.364. The first-order valence-electron chi connectivity index (χ1n) is 4.51. The van der Waals surface area contributed by atoms with Crippen LogP contribution >= 0.6 is 0 Å². The number of anilines is 1. The minimum Gasteiger partial charge on any atom is -0.383 e. The lowest BCUT2D eigenvalue weighted by molar-refractivity contribution is 0.996. The molecule has 0 amide bonds. The van der Waals surface area contributed by atoms with Crippen molar-refractivity contribution >= 4 is 5.82 Å². The first kappa shape index (κ1) is 9.78. The topological polar surface area (TPSA) is 38.9 Å². The Bertz CT molecular complexity index is 296. The summed E-state index contributed by atoms with van der Waals surface area (Å²) in [6.07, 6.45) is 3.58. The van der Waals surface area contributed by atoms with Crippen LogP contribution in [0, 0.1) is 6.92 Å². The van der Waals surface area contributed by atoms with Gasteiger partial charge in [0.1, 0.15) is 5.82 Å². The van der Waals surface area contributed by atoms with Gasteiger partial charge in [-0.3, -0.25) is 0 Å². The van der Waals surface area contributed by atoms with Crippen LogP contribution in [0.1, 0.15) is 24.5 Å². The maximum Gasteiger partial charge on any atom is 0.127 e. The van der Waals surface area contributed by atoms with Gasteiger partial charge in [0.15, 0.2) is 0 Å². The minimum atomic E-state index is 0.634. The lowest BCUT2D eigenvalue weighted by Gasteiger charge is -2.08. The first-order chi connectivity index (χ1) is 6.15. The van der Waals surface area contributed by atoms with Crippen LogP contribution in [0.5, 0.6) is 0 Å². The van der Waals surface area contributed by atoms with Crippen LogP contribution < -0.4 is 5.73 Å². The lowest BCUT2D eigenvalue weighted by Crippen LogP contribution is -2.01. The van der Waals surface area contributed by atoms with Gasteiger partial charge in [0, 0.05) is 11.8 Å². The Morgan fingerprint density at radius 2 is 2.31 bits per heavy atom. The molecule has 2 heteroatoms. The van der Waals surface area contributed by atoms with E-state index in [0.717, 1.165) is 18.4 Å². The highest BCUT2D eigenvalue weighted by molar-refractivity contribution is 5.45. The van der Waals surface area contributed by atoms with Gasteiger partial charge in [-0.2, -0.15) is 0 Å². The number of pyridine rings is 1. The van der Waals surface area contributed by atoms with E-state index in [4.69, 9.17) is 5.73 Å². The lowest BCUT2D eigenvalue weighted by atomic mass is 10.0. The molecule has 1 rings (SSSR count). The Hall–Kier alpha value is -1.31. The molecule has 0 unspecified atom stereocenters. The maximum atomic E-state index is 5.77. The van der Waals surface area contributed by atoms with E-state index in [1.54, 1.807) is 6.20 Å². The third-order valence-electron chi connectivity index (χ3n) is 2.25. The number of hydrogen-bond donors (Lipinski definition) is 1. The molecule has 1 aromatic rings. The maximum absolute atomic E-state index is 5.77. The molecule has 0 aliphatic carbocycles. The van der Waals surface area contributed by atoms with E-state index in [-0.39, 0.29) is 0 Å². The number of nitrogens with two attached hydrogens (primary N) is 1. The molecule has 0 bridgehead atoms. The Labute approximate surface area is 79.5 Å². The molecule has 0 spiro atoms. The summed E-state index contributed by atoms with van der Waals surface area (Å²) < 4.78 is 0. The molecular weight excluding hydrogens is 160 g/mol. The standard InChI is InChI=1S/C11H16N2/c1-4-8(2)7-10-9(3)5-6-13-11(10)12/h5-6H,2,4,7H2,1,3H3,(H2,12,13).